The van der Waals surface area contributed by atoms with Gasteiger partial charge in [-0.2, -0.15) is 0 Å². The number of thioether (sulfide) groups is 1. The molecular formula is C27H33N3O7S. The monoisotopic (exact) mass is 543 g/mol. The number of carbonyl (C=O) groups excluding carboxylic acids is 3. The van der Waals surface area contributed by atoms with Crippen molar-refractivity contribution in [1.29, 1.82) is 0 Å². The summed E-state index contributed by atoms with van der Waals surface area (Å²) in [6.07, 6.45) is 1.53. The van der Waals surface area contributed by atoms with Crippen LogP contribution in [0.3, 0.4) is 0 Å². The maximum absolute atomic E-state index is 13.5. The minimum Gasteiger partial charge on any atom is -0.497 e. The predicted molar refractivity (Wildman–Crippen MR) is 143 cm³/mol. The highest BCUT2D eigenvalue weighted by atomic mass is 32.2. The molecule has 3 aliphatic heterocycles. The Kier molecular flexibility index (Phi) is 8.65. The van der Waals surface area contributed by atoms with Crippen LogP contribution in [0, 0.1) is 5.92 Å². The average molecular weight is 544 g/mol. The SMILES string of the molecule is CCOC(=O)[C@@H]1CCCN(C(=O)CC2=CSC3=NC(C)=C(C(=O)OC)[C@H](c4ccc(OC)cc4OC)N23)C1. The van der Waals surface area contributed by atoms with Crippen molar-refractivity contribution in [3.63, 3.8) is 0 Å². The Morgan fingerprint density at radius 1 is 1.16 bits per heavy atom. The first-order valence-electron chi connectivity index (χ1n) is 12.5. The number of amides is 1. The third kappa shape index (κ3) is 5.38. The number of hydrogen-bond acceptors (Lipinski definition) is 10. The molecule has 0 radical (unpaired) electrons. The molecule has 0 spiro atoms. The van der Waals surface area contributed by atoms with Crippen LogP contribution in [0.1, 0.15) is 44.7 Å². The van der Waals surface area contributed by atoms with Crippen molar-refractivity contribution in [2.24, 2.45) is 10.9 Å². The Morgan fingerprint density at radius 2 is 1.95 bits per heavy atom. The van der Waals surface area contributed by atoms with Gasteiger partial charge in [-0.25, -0.2) is 9.79 Å². The van der Waals surface area contributed by atoms with Gasteiger partial charge in [-0.05, 0) is 44.2 Å². The molecule has 0 aromatic heterocycles. The van der Waals surface area contributed by atoms with Gasteiger partial charge in [-0.3, -0.25) is 9.59 Å². The van der Waals surface area contributed by atoms with Gasteiger partial charge in [0.2, 0.25) is 5.91 Å². The fraction of sp³-hybridized carbons (Fsp3) is 0.481. The summed E-state index contributed by atoms with van der Waals surface area (Å²) in [5, 5.41) is 2.55. The molecule has 3 heterocycles. The number of rotatable bonds is 8. The lowest BCUT2D eigenvalue weighted by molar-refractivity contribution is -0.151. The number of allylic oxidation sites excluding steroid dienone is 1. The van der Waals surface area contributed by atoms with Crippen LogP contribution in [0.5, 0.6) is 11.5 Å². The molecule has 0 N–H and O–H groups in total. The molecule has 3 aliphatic rings. The highest BCUT2D eigenvalue weighted by Crippen LogP contribution is 2.47. The second-order valence-electron chi connectivity index (χ2n) is 9.10. The van der Waals surface area contributed by atoms with Gasteiger partial charge in [-0.15, -0.1) is 0 Å². The van der Waals surface area contributed by atoms with Gasteiger partial charge in [0.15, 0.2) is 5.17 Å². The van der Waals surface area contributed by atoms with E-state index in [0.717, 1.165) is 6.42 Å². The molecule has 1 saturated heterocycles. The van der Waals surface area contributed by atoms with Gasteiger partial charge < -0.3 is 28.7 Å². The van der Waals surface area contributed by atoms with Gasteiger partial charge >= 0.3 is 11.9 Å². The second-order valence-corrected chi connectivity index (χ2v) is 9.94. The molecule has 38 heavy (non-hydrogen) atoms. The zero-order valence-corrected chi connectivity index (χ0v) is 23.1. The zero-order valence-electron chi connectivity index (χ0n) is 22.3. The Labute approximate surface area is 226 Å². The first kappa shape index (κ1) is 27.6. The minimum atomic E-state index is -0.626. The maximum atomic E-state index is 13.5. The maximum Gasteiger partial charge on any atom is 0.338 e. The van der Waals surface area contributed by atoms with Crippen molar-refractivity contribution in [1.82, 2.24) is 9.80 Å². The van der Waals surface area contributed by atoms with Gasteiger partial charge in [0.25, 0.3) is 0 Å². The van der Waals surface area contributed by atoms with E-state index in [1.807, 2.05) is 16.4 Å². The molecular weight excluding hydrogens is 510 g/mol. The Balaban J connectivity index is 1.65. The largest absolute Gasteiger partial charge is 0.497 e. The van der Waals surface area contributed by atoms with E-state index in [1.165, 1.54) is 18.9 Å². The predicted octanol–water partition coefficient (Wildman–Crippen LogP) is 3.64. The number of hydrogen-bond donors (Lipinski definition) is 0. The number of fused-ring (bicyclic) bond motifs is 1. The fourth-order valence-corrected chi connectivity index (χ4v) is 5.97. The number of carbonyl (C=O) groups is 3. The number of likely N-dealkylation sites (tertiary alicyclic amines) is 1. The van der Waals surface area contributed by atoms with Crippen molar-refractivity contribution >= 4 is 34.8 Å². The minimum absolute atomic E-state index is 0.0873. The molecule has 1 aromatic rings. The molecule has 1 amide bonds. The summed E-state index contributed by atoms with van der Waals surface area (Å²) in [6, 6.07) is 4.78. The van der Waals surface area contributed by atoms with Crippen LogP contribution < -0.4 is 9.47 Å². The summed E-state index contributed by atoms with van der Waals surface area (Å²) in [7, 11) is 4.46. The summed E-state index contributed by atoms with van der Waals surface area (Å²) in [4.78, 5) is 47.1. The van der Waals surface area contributed by atoms with E-state index >= 15 is 0 Å². The fourth-order valence-electron chi connectivity index (χ4n) is 5.00. The summed E-state index contributed by atoms with van der Waals surface area (Å²) in [6.45, 7) is 4.78. The highest BCUT2D eigenvalue weighted by Gasteiger charge is 2.43. The smallest absolute Gasteiger partial charge is 0.338 e. The van der Waals surface area contributed by atoms with E-state index in [-0.39, 0.29) is 24.2 Å². The van der Waals surface area contributed by atoms with E-state index in [0.29, 0.717) is 65.3 Å². The summed E-state index contributed by atoms with van der Waals surface area (Å²) in [5.41, 5.74) is 2.31. The molecule has 4 rings (SSSR count). The molecule has 0 saturated carbocycles. The summed E-state index contributed by atoms with van der Waals surface area (Å²) >= 11 is 1.40. The second kappa shape index (κ2) is 11.9. The zero-order chi connectivity index (χ0) is 27.4. The lowest BCUT2D eigenvalue weighted by Gasteiger charge is -2.37. The number of ether oxygens (including phenoxy) is 4. The van der Waals surface area contributed by atoms with Gasteiger partial charge in [0.1, 0.15) is 11.5 Å². The van der Waals surface area contributed by atoms with E-state index in [1.54, 1.807) is 45.1 Å². The van der Waals surface area contributed by atoms with E-state index in [9.17, 15) is 14.4 Å². The molecule has 1 fully saturated rings. The van der Waals surface area contributed by atoms with Gasteiger partial charge in [0, 0.05) is 30.4 Å². The Morgan fingerprint density at radius 3 is 2.63 bits per heavy atom. The van der Waals surface area contributed by atoms with Gasteiger partial charge in [-0.1, -0.05) is 11.8 Å². The summed E-state index contributed by atoms with van der Waals surface area (Å²) in [5.74, 6) is -0.0533. The average Bonchev–Trinajstić information content (AvgIpc) is 3.33. The van der Waals surface area contributed by atoms with Crippen LogP contribution in [-0.2, 0) is 23.9 Å². The van der Waals surface area contributed by atoms with E-state index < -0.39 is 12.0 Å². The van der Waals surface area contributed by atoms with E-state index in [4.69, 9.17) is 18.9 Å². The molecule has 0 aliphatic carbocycles. The molecule has 10 nitrogen and oxygen atoms in total. The third-order valence-corrected chi connectivity index (χ3v) is 7.76. The first-order chi connectivity index (χ1) is 18.3. The van der Waals surface area contributed by atoms with Crippen molar-refractivity contribution < 1.29 is 33.3 Å². The Bertz CT molecular complexity index is 1210. The standard InChI is InChI=1S/C27H33N3O7S/c1-6-37-25(32)17-8-7-11-29(14-17)22(31)12-18-15-38-27-28-16(2)23(26(33)36-5)24(30(18)27)20-10-9-19(34-3)13-21(20)35-4/h9-10,13,15,17,24H,6-8,11-12,14H2,1-5H3/t17-,24+/m1/s1. The van der Waals surface area contributed by atoms with Crippen molar-refractivity contribution in [3.8, 4) is 11.5 Å². The first-order valence-corrected chi connectivity index (χ1v) is 13.4. The van der Waals surface area contributed by atoms with Crippen LogP contribution in [0.4, 0.5) is 0 Å². The van der Waals surface area contributed by atoms with Crippen LogP contribution in [0.15, 0.2) is 45.6 Å². The quantitative estimate of drug-likeness (QED) is 0.454. The number of aliphatic imine (C=N–C) groups is 1. The number of methoxy groups -OCH3 is 3. The number of amidine groups is 1. The van der Waals surface area contributed by atoms with Crippen molar-refractivity contribution in [2.45, 2.75) is 39.2 Å². The van der Waals surface area contributed by atoms with E-state index in [2.05, 4.69) is 4.99 Å². The normalized spacial score (nSPS) is 20.9. The highest BCUT2D eigenvalue weighted by molar-refractivity contribution is 8.16. The van der Waals surface area contributed by atoms with Crippen molar-refractivity contribution in [3.05, 3.63) is 46.1 Å². The number of nitrogens with zero attached hydrogens (tertiary/aromatic N) is 3. The van der Waals surface area contributed by atoms with Crippen LogP contribution in [0.2, 0.25) is 0 Å². The molecule has 0 bridgehead atoms. The lowest BCUT2D eigenvalue weighted by atomic mass is 9.92. The molecule has 204 valence electrons. The summed E-state index contributed by atoms with van der Waals surface area (Å²) < 4.78 is 21.4. The Hall–Kier alpha value is -3.47. The number of piperidine rings is 1. The molecule has 0 unspecified atom stereocenters. The van der Waals surface area contributed by atoms with Crippen LogP contribution >= 0.6 is 11.8 Å². The lowest BCUT2D eigenvalue weighted by Crippen LogP contribution is -2.44. The third-order valence-electron chi connectivity index (χ3n) is 6.87. The number of benzene rings is 1. The van der Waals surface area contributed by atoms with Gasteiger partial charge in [0.05, 0.1) is 57.6 Å². The molecule has 1 aromatic carbocycles. The number of esters is 2. The molecule has 11 heteroatoms. The molecule has 2 atom stereocenters. The van der Waals surface area contributed by atoms with Crippen LogP contribution in [-0.4, -0.2) is 73.8 Å². The van der Waals surface area contributed by atoms with Crippen molar-refractivity contribution in [2.75, 3.05) is 41.0 Å². The van der Waals surface area contributed by atoms with Crippen LogP contribution in [0.25, 0.3) is 0 Å². The topological polar surface area (TPSA) is 107 Å².